The average Bonchev–Trinajstić information content (AvgIpc) is 2.54. The molecule has 2 heterocycles. The van der Waals surface area contributed by atoms with E-state index in [1.165, 1.54) is 12.3 Å². The van der Waals surface area contributed by atoms with Gasteiger partial charge in [-0.3, -0.25) is 4.79 Å². The van der Waals surface area contributed by atoms with Crippen LogP contribution in [-0.2, 0) is 5.54 Å². The fourth-order valence-electron chi connectivity index (χ4n) is 5.00. The zero-order valence-electron chi connectivity index (χ0n) is 15.2. The van der Waals surface area contributed by atoms with E-state index in [0.717, 1.165) is 25.8 Å². The van der Waals surface area contributed by atoms with Crippen molar-refractivity contribution in [1.29, 1.82) is 0 Å². The van der Waals surface area contributed by atoms with Crippen LogP contribution in [0.15, 0.2) is 23.1 Å². The molecule has 2 bridgehead atoms. The Kier molecular flexibility index (Phi) is 3.44. The number of pyridine rings is 1. The highest BCUT2D eigenvalue weighted by molar-refractivity contribution is 5.93. The third-order valence-electron chi connectivity index (χ3n) is 6.53. The first-order chi connectivity index (χ1) is 12.9. The summed E-state index contributed by atoms with van der Waals surface area (Å²) in [6.07, 6.45) is 4.48. The highest BCUT2D eigenvalue weighted by Crippen LogP contribution is 2.62. The summed E-state index contributed by atoms with van der Waals surface area (Å²) in [4.78, 5) is 26.3. The highest BCUT2D eigenvalue weighted by Gasteiger charge is 2.58. The zero-order valence-corrected chi connectivity index (χ0v) is 15.2. The lowest BCUT2D eigenvalue weighted by atomic mass is 9.49. The molecule has 2 N–H and O–H groups in total. The monoisotopic (exact) mass is 371 g/mol. The van der Waals surface area contributed by atoms with E-state index < -0.39 is 17.2 Å². The predicted molar refractivity (Wildman–Crippen MR) is 100 cm³/mol. The normalized spacial score (nSPS) is 29.3. The molecule has 142 valence electrons. The van der Waals surface area contributed by atoms with Crippen molar-refractivity contribution in [2.24, 2.45) is 5.92 Å². The number of aromatic carboxylic acids is 1. The van der Waals surface area contributed by atoms with Crippen molar-refractivity contribution < 1.29 is 14.3 Å². The van der Waals surface area contributed by atoms with Gasteiger partial charge in [-0.15, -0.1) is 0 Å². The van der Waals surface area contributed by atoms with Crippen molar-refractivity contribution >= 4 is 22.6 Å². The Bertz CT molecular complexity index is 1010. The molecule has 27 heavy (non-hydrogen) atoms. The molecule has 1 aliphatic heterocycles. The van der Waals surface area contributed by atoms with Gasteiger partial charge < -0.3 is 19.9 Å². The number of fused-ring (bicyclic) bond motifs is 1. The number of hydrogen-bond acceptors (Lipinski definition) is 4. The van der Waals surface area contributed by atoms with E-state index >= 15 is 0 Å². The molecular weight excluding hydrogens is 349 g/mol. The second kappa shape index (κ2) is 5.55. The van der Waals surface area contributed by atoms with Crippen LogP contribution in [-0.4, -0.2) is 41.3 Å². The van der Waals surface area contributed by atoms with Gasteiger partial charge in [-0.1, -0.05) is 0 Å². The van der Waals surface area contributed by atoms with Crippen LogP contribution in [0.4, 0.5) is 10.1 Å². The molecule has 1 aromatic carbocycles. The van der Waals surface area contributed by atoms with Gasteiger partial charge >= 0.3 is 5.97 Å². The molecule has 7 heteroatoms. The molecule has 4 aliphatic rings. The van der Waals surface area contributed by atoms with Crippen LogP contribution in [0.5, 0.6) is 0 Å². The Hall–Kier alpha value is -2.41. The smallest absolute Gasteiger partial charge is 0.341 e. The van der Waals surface area contributed by atoms with Gasteiger partial charge in [0.15, 0.2) is 0 Å². The molecule has 1 saturated heterocycles. The number of rotatable bonds is 3. The van der Waals surface area contributed by atoms with Crippen molar-refractivity contribution in [2.75, 3.05) is 24.5 Å². The number of benzene rings is 1. The summed E-state index contributed by atoms with van der Waals surface area (Å²) in [5, 5.41) is 13.0. The van der Waals surface area contributed by atoms with E-state index in [1.54, 1.807) is 6.07 Å². The van der Waals surface area contributed by atoms with Gasteiger partial charge in [0.05, 0.1) is 11.2 Å². The second-order valence-electron chi connectivity index (χ2n) is 8.37. The molecule has 0 radical (unpaired) electrons. The van der Waals surface area contributed by atoms with Crippen LogP contribution in [0.1, 0.15) is 36.5 Å². The maximum Gasteiger partial charge on any atom is 0.341 e. The fourth-order valence-corrected chi connectivity index (χ4v) is 5.00. The van der Waals surface area contributed by atoms with Crippen molar-refractivity contribution in [3.05, 3.63) is 39.9 Å². The number of halogens is 1. The van der Waals surface area contributed by atoms with Crippen LogP contribution in [0.3, 0.4) is 0 Å². The summed E-state index contributed by atoms with van der Waals surface area (Å²) >= 11 is 0. The minimum absolute atomic E-state index is 0.105. The Morgan fingerprint density at radius 1 is 1.33 bits per heavy atom. The molecule has 0 amide bonds. The van der Waals surface area contributed by atoms with E-state index in [-0.39, 0.29) is 22.5 Å². The Labute approximate surface area is 155 Å². The average molecular weight is 371 g/mol. The van der Waals surface area contributed by atoms with Crippen molar-refractivity contribution in [3.8, 4) is 0 Å². The molecule has 3 saturated carbocycles. The van der Waals surface area contributed by atoms with Crippen molar-refractivity contribution in [1.82, 2.24) is 9.88 Å². The minimum Gasteiger partial charge on any atom is -0.477 e. The lowest BCUT2D eigenvalue weighted by Crippen LogP contribution is -2.59. The molecule has 2 aromatic rings. The molecule has 1 aromatic heterocycles. The number of aromatic nitrogens is 1. The Morgan fingerprint density at radius 3 is 2.67 bits per heavy atom. The number of piperazine rings is 1. The van der Waals surface area contributed by atoms with Crippen molar-refractivity contribution in [2.45, 2.75) is 37.8 Å². The van der Waals surface area contributed by atoms with E-state index in [4.69, 9.17) is 0 Å². The lowest BCUT2D eigenvalue weighted by Gasteiger charge is -2.63. The van der Waals surface area contributed by atoms with Gasteiger partial charge in [0.25, 0.3) is 0 Å². The first-order valence-electron chi connectivity index (χ1n) is 9.49. The van der Waals surface area contributed by atoms with Crippen LogP contribution < -0.4 is 15.6 Å². The Morgan fingerprint density at radius 2 is 2.07 bits per heavy atom. The van der Waals surface area contributed by atoms with Crippen LogP contribution >= 0.6 is 0 Å². The largest absolute Gasteiger partial charge is 0.477 e. The molecular formula is C20H22FN3O3. The van der Waals surface area contributed by atoms with E-state index in [2.05, 4.69) is 12.2 Å². The molecule has 6 nitrogen and oxygen atoms in total. The maximum absolute atomic E-state index is 14.9. The molecule has 3 aliphatic carbocycles. The van der Waals surface area contributed by atoms with Crippen molar-refractivity contribution in [3.63, 3.8) is 0 Å². The first kappa shape index (κ1) is 16.7. The lowest BCUT2D eigenvalue weighted by molar-refractivity contribution is -0.0860. The number of anilines is 1. The summed E-state index contributed by atoms with van der Waals surface area (Å²) in [7, 11) is 0. The second-order valence-corrected chi connectivity index (χ2v) is 8.37. The summed E-state index contributed by atoms with van der Waals surface area (Å²) in [6, 6.07) is 3.23. The number of carboxylic acids is 1. The highest BCUT2D eigenvalue weighted by atomic mass is 19.1. The zero-order chi connectivity index (χ0) is 18.9. The molecule has 0 spiro atoms. The third-order valence-corrected chi connectivity index (χ3v) is 6.53. The van der Waals surface area contributed by atoms with Gasteiger partial charge in [0, 0.05) is 42.8 Å². The summed E-state index contributed by atoms with van der Waals surface area (Å²) in [5.74, 6) is -1.04. The number of nitrogens with one attached hydrogen (secondary N) is 1. The maximum atomic E-state index is 14.9. The number of nitrogens with zero attached hydrogens (tertiary/aromatic N) is 2. The quantitative estimate of drug-likeness (QED) is 0.865. The van der Waals surface area contributed by atoms with Crippen LogP contribution in [0.2, 0.25) is 0 Å². The predicted octanol–water partition coefficient (Wildman–Crippen LogP) is 2.15. The SMILES string of the molecule is CC1CN(c2cc3c(cc2F)c(=O)c(C(=O)O)cn3C23CC(C2)C3)CCN1. The topological polar surface area (TPSA) is 74.6 Å². The molecule has 4 fully saturated rings. The molecule has 1 atom stereocenters. The minimum atomic E-state index is -1.26. The summed E-state index contributed by atoms with van der Waals surface area (Å²) < 4.78 is 16.9. The van der Waals surface area contributed by atoms with Gasteiger partial charge in [-0.05, 0) is 44.2 Å². The van der Waals surface area contributed by atoms with E-state index in [9.17, 15) is 19.1 Å². The van der Waals surface area contributed by atoms with Gasteiger partial charge in [-0.25, -0.2) is 9.18 Å². The van der Waals surface area contributed by atoms with Crippen LogP contribution in [0.25, 0.3) is 10.9 Å². The first-order valence-corrected chi connectivity index (χ1v) is 9.49. The van der Waals surface area contributed by atoms with E-state index in [1.807, 2.05) is 9.47 Å². The van der Waals surface area contributed by atoms with Crippen LogP contribution in [0, 0.1) is 11.7 Å². The molecule has 1 unspecified atom stereocenters. The number of carboxylic acid groups (broad SMARTS) is 1. The fraction of sp³-hybridized carbons (Fsp3) is 0.500. The van der Waals surface area contributed by atoms with Gasteiger partial charge in [0.2, 0.25) is 5.43 Å². The Balaban J connectivity index is 1.73. The number of hydrogen-bond donors (Lipinski definition) is 2. The summed E-state index contributed by atoms with van der Waals surface area (Å²) in [6.45, 7) is 4.21. The molecule has 6 rings (SSSR count). The third kappa shape index (κ3) is 2.34. The summed E-state index contributed by atoms with van der Waals surface area (Å²) in [5.41, 5.74) is 0.131. The van der Waals surface area contributed by atoms with E-state index in [0.29, 0.717) is 30.2 Å². The van der Waals surface area contributed by atoms with Gasteiger partial charge in [0.1, 0.15) is 11.4 Å². The number of carbonyl (C=O) groups is 1. The standard InChI is InChI=1S/C20H22FN3O3/c1-11-9-23(3-2-22-11)17-5-16-13(4-15(17)21)18(25)14(19(26)27)10-24(16)20-6-12(7-20)8-20/h4-5,10-12,22H,2-3,6-9H2,1H3,(H,26,27). The van der Waals surface area contributed by atoms with Gasteiger partial charge in [-0.2, -0.15) is 0 Å².